The molecule has 11 aromatic heterocycles. The van der Waals surface area contributed by atoms with E-state index in [1.54, 1.807) is 0 Å². The summed E-state index contributed by atoms with van der Waals surface area (Å²) in [5.74, 6) is 2.86. The summed E-state index contributed by atoms with van der Waals surface area (Å²) in [4.78, 5) is 35.2. The molecule has 15 heteroatoms. The van der Waals surface area contributed by atoms with E-state index < -0.39 is 0 Å². The normalized spacial score (nSPS) is 12.3. The van der Waals surface area contributed by atoms with Crippen molar-refractivity contribution in [1.82, 2.24) is 71.0 Å². The molecular formula is C120H71N15. The van der Waals surface area contributed by atoms with Gasteiger partial charge in [0.15, 0.2) is 11.6 Å². The molecule has 0 aliphatic rings. The molecule has 30 rings (SSSR count). The fourth-order valence-corrected chi connectivity index (χ4v) is 22.7. The molecule has 135 heavy (non-hydrogen) atoms. The van der Waals surface area contributed by atoms with E-state index in [2.05, 4.69) is 466 Å². The van der Waals surface area contributed by atoms with Crippen molar-refractivity contribution in [3.05, 3.63) is 431 Å². The zero-order chi connectivity index (χ0) is 87.9. The van der Waals surface area contributed by atoms with Gasteiger partial charge in [-0.1, -0.05) is 309 Å². The summed E-state index contributed by atoms with van der Waals surface area (Å²) >= 11 is 0. The van der Waals surface area contributed by atoms with Crippen LogP contribution < -0.4 is 0 Å². The van der Waals surface area contributed by atoms with Gasteiger partial charge in [-0.3, -0.25) is 18.3 Å². The molecule has 0 fully saturated rings. The molecular weight excluding hydrogens is 1650 g/mol. The first kappa shape index (κ1) is 73.3. The third-order valence-corrected chi connectivity index (χ3v) is 28.2. The number of nitrogens with zero attached hydrogens (tertiary/aromatic N) is 15. The van der Waals surface area contributed by atoms with Gasteiger partial charge in [0.25, 0.3) is 0 Å². The van der Waals surface area contributed by atoms with Crippen LogP contribution in [-0.4, -0.2) is 71.0 Å². The smallest absolute Gasteiger partial charge is 0.240 e. The van der Waals surface area contributed by atoms with Crippen LogP contribution in [0, 0.1) is 0 Å². The lowest BCUT2D eigenvalue weighted by atomic mass is 10.1. The summed E-state index contributed by atoms with van der Waals surface area (Å²) in [5, 5.41) is 19.5. The Hall–Kier alpha value is -18.6. The maximum Gasteiger partial charge on any atom is 0.240 e. The van der Waals surface area contributed by atoms with Gasteiger partial charge in [-0.25, -0.2) is 0 Å². The second-order valence-electron chi connectivity index (χ2n) is 35.3. The minimum absolute atomic E-state index is 0.445. The Kier molecular flexibility index (Phi) is 15.2. The number of para-hydroxylation sites is 11. The molecule has 0 N–H and O–H groups in total. The van der Waals surface area contributed by atoms with Crippen LogP contribution in [0.4, 0.5) is 0 Å². The SMILES string of the molecule is c1ccc(-c2nc(-n3c4ccccc4c4cc5c(cc43)c3cc4c(cc3n5-c3ccccc3)c3ccccc3n4-c3ccccc3)nc(-n3c4ccccc4c4ccc5c6ccc7c8ccccc8n(-c8nc(-c9ccccc9)nc(-n9c%10ccccc%10c%10ccc%11c%12ccc%13c%14ccccc%14n(-c%14ccccc%14)c%13c%12n(-c%12ccccc%12)c%11c%109)n8)c7c6n(-c6ccccc6)c5c43)n2)cc1. The summed E-state index contributed by atoms with van der Waals surface area (Å²) < 4.78 is 21.5. The van der Waals surface area contributed by atoms with Crippen molar-refractivity contribution in [2.75, 3.05) is 0 Å². The van der Waals surface area contributed by atoms with Gasteiger partial charge in [-0.2, -0.15) is 29.9 Å². The van der Waals surface area contributed by atoms with Crippen LogP contribution in [0.1, 0.15) is 0 Å². The largest absolute Gasteiger partial charge is 0.309 e. The standard InChI is InChI=1S/C120H71N15/c1-8-34-72(35-9-1)115-121-117(132-99-56-30-27-53-84(99)94-69-105-96(71-106(94)132)95-70-103-93(68-104(95)128(105)75-40-14-4-15-41-75)83-52-26-28-54-97(83)127(103)74-38-12-3-13-39-74)125-118(122-115)133-100-57-31-23-49-80(100)87-62-66-91-92-67-63-88-82-51-25-33-59-102(82)135(114(88)111(92)131(110(91)113(87)133)78-46-20-7-21-47-78)120-124-116(73-36-10-2-11-37-73)123-119(126-120)134-101-58-32-24-50-81(101)86-61-65-90-89-64-60-85-79-48-22-29-55-98(79)129(76-42-16-5-17-43-76)107(85)108(89)130(109(90)112(86)134)77-44-18-6-19-45-77/h1-71H. The number of hydrogen-bond acceptors (Lipinski definition) is 6. The molecule has 0 spiro atoms. The van der Waals surface area contributed by atoms with Crippen molar-refractivity contribution >= 4 is 196 Å². The van der Waals surface area contributed by atoms with Gasteiger partial charge >= 0.3 is 0 Å². The van der Waals surface area contributed by atoms with Crippen LogP contribution in [0.25, 0.3) is 271 Å². The maximum atomic E-state index is 6.06. The Labute approximate surface area is 767 Å². The zero-order valence-electron chi connectivity index (χ0n) is 72.2. The highest BCUT2D eigenvalue weighted by molar-refractivity contribution is 6.32. The van der Waals surface area contributed by atoms with Crippen LogP contribution in [0.15, 0.2) is 431 Å². The predicted molar refractivity (Wildman–Crippen MR) is 553 cm³/mol. The van der Waals surface area contributed by atoms with Gasteiger partial charge in [0.1, 0.15) is 0 Å². The van der Waals surface area contributed by atoms with Crippen molar-refractivity contribution in [2.24, 2.45) is 0 Å². The van der Waals surface area contributed by atoms with Gasteiger partial charge in [0.05, 0.1) is 99.3 Å². The molecule has 0 unspecified atom stereocenters. The molecule has 0 aliphatic heterocycles. The summed E-state index contributed by atoms with van der Waals surface area (Å²) in [6.07, 6.45) is 0. The van der Waals surface area contributed by atoms with Crippen LogP contribution in [0.2, 0.25) is 0 Å². The molecule has 0 bridgehead atoms. The first-order chi connectivity index (χ1) is 67.0. The molecule has 19 aromatic carbocycles. The lowest BCUT2D eigenvalue weighted by Crippen LogP contribution is -2.11. The Morgan fingerprint density at radius 3 is 0.607 bits per heavy atom. The summed E-state index contributed by atoms with van der Waals surface area (Å²) in [6.45, 7) is 0. The molecule has 0 saturated heterocycles. The average molecular weight is 1720 g/mol. The van der Waals surface area contributed by atoms with Gasteiger partial charge in [0, 0.05) is 137 Å². The Bertz CT molecular complexity index is 10300. The van der Waals surface area contributed by atoms with E-state index >= 15 is 0 Å². The van der Waals surface area contributed by atoms with Crippen molar-refractivity contribution in [3.63, 3.8) is 0 Å². The number of benzene rings is 19. The second-order valence-corrected chi connectivity index (χ2v) is 35.3. The van der Waals surface area contributed by atoms with Crippen molar-refractivity contribution in [2.45, 2.75) is 0 Å². The van der Waals surface area contributed by atoms with E-state index in [9.17, 15) is 0 Å². The molecule has 0 radical (unpaired) electrons. The maximum absolute atomic E-state index is 6.06. The Balaban J connectivity index is 0.696. The monoisotopic (exact) mass is 1720 g/mol. The topological polar surface area (TPSA) is 122 Å². The highest BCUT2D eigenvalue weighted by atomic mass is 15.3. The molecule has 30 aromatic rings. The van der Waals surface area contributed by atoms with Crippen molar-refractivity contribution in [3.8, 4) is 75.0 Å². The summed E-state index contributed by atoms with van der Waals surface area (Å²) in [5.41, 5.74) is 25.1. The average Bonchev–Trinajstić information content (AvgIpc) is 1.51. The van der Waals surface area contributed by atoms with E-state index in [1.807, 2.05) is 6.07 Å². The van der Waals surface area contributed by atoms with E-state index in [0.717, 1.165) is 220 Å². The molecule has 15 nitrogen and oxygen atoms in total. The summed E-state index contributed by atoms with van der Waals surface area (Å²) in [6, 6.07) is 155. The van der Waals surface area contributed by atoms with E-state index in [1.165, 1.54) is 16.2 Å². The molecule has 626 valence electrons. The number of rotatable bonds is 11. The molecule has 0 atom stereocenters. The third kappa shape index (κ3) is 10.3. The first-order valence-corrected chi connectivity index (χ1v) is 45.8. The van der Waals surface area contributed by atoms with Crippen molar-refractivity contribution < 1.29 is 0 Å². The Morgan fingerprint density at radius 1 is 0.119 bits per heavy atom. The highest BCUT2D eigenvalue weighted by Gasteiger charge is 2.33. The second kappa shape index (κ2) is 28.0. The number of hydrogen-bond donors (Lipinski definition) is 0. The fraction of sp³-hybridized carbons (Fsp3) is 0. The predicted octanol–water partition coefficient (Wildman–Crippen LogP) is 29.3. The van der Waals surface area contributed by atoms with Crippen LogP contribution in [0.3, 0.4) is 0 Å². The van der Waals surface area contributed by atoms with Gasteiger partial charge in [0.2, 0.25) is 23.8 Å². The molecule has 0 aliphatic carbocycles. The van der Waals surface area contributed by atoms with E-state index in [4.69, 9.17) is 29.9 Å². The lowest BCUT2D eigenvalue weighted by molar-refractivity contribution is 0.893. The van der Waals surface area contributed by atoms with Gasteiger partial charge in [-0.05, 0) is 121 Å². The van der Waals surface area contributed by atoms with E-state index in [-0.39, 0.29) is 0 Å². The number of fused-ring (bicyclic) bond motifs is 31. The van der Waals surface area contributed by atoms with Gasteiger partial charge < -0.3 is 22.8 Å². The fourth-order valence-electron chi connectivity index (χ4n) is 22.7. The molecule has 0 saturated carbocycles. The first-order valence-electron chi connectivity index (χ1n) is 45.8. The van der Waals surface area contributed by atoms with E-state index in [0.29, 0.717) is 35.4 Å². The van der Waals surface area contributed by atoms with Crippen molar-refractivity contribution in [1.29, 1.82) is 0 Å². The lowest BCUT2D eigenvalue weighted by Gasteiger charge is -2.16. The van der Waals surface area contributed by atoms with Gasteiger partial charge in [-0.15, -0.1) is 0 Å². The highest BCUT2D eigenvalue weighted by Crippen LogP contribution is 2.51. The third-order valence-electron chi connectivity index (χ3n) is 28.2. The van der Waals surface area contributed by atoms with Crippen LogP contribution >= 0.6 is 0 Å². The molecule has 11 heterocycles. The van der Waals surface area contributed by atoms with Crippen LogP contribution in [0.5, 0.6) is 0 Å². The minimum Gasteiger partial charge on any atom is -0.309 e. The Morgan fingerprint density at radius 2 is 0.304 bits per heavy atom. The molecule has 0 amide bonds. The zero-order valence-corrected chi connectivity index (χ0v) is 72.2. The quantitative estimate of drug-likeness (QED) is 0.127. The van der Waals surface area contributed by atoms with Crippen LogP contribution in [-0.2, 0) is 0 Å². The number of aromatic nitrogens is 15. The summed E-state index contributed by atoms with van der Waals surface area (Å²) in [7, 11) is 0. The minimum atomic E-state index is 0.445.